The Balaban J connectivity index is 2.33. The van der Waals surface area contributed by atoms with Crippen LogP contribution >= 0.6 is 0 Å². The van der Waals surface area contributed by atoms with E-state index in [4.69, 9.17) is 10.8 Å². The summed E-state index contributed by atoms with van der Waals surface area (Å²) < 4.78 is 0. The van der Waals surface area contributed by atoms with E-state index in [9.17, 15) is 4.79 Å². The van der Waals surface area contributed by atoms with Gasteiger partial charge in [-0.1, -0.05) is 19.1 Å². The summed E-state index contributed by atoms with van der Waals surface area (Å²) in [4.78, 5) is 12.1. The number of carbonyl (C=O) groups is 1. The third kappa shape index (κ3) is 2.14. The van der Waals surface area contributed by atoms with E-state index in [1.54, 1.807) is 18.3 Å². The molecule has 1 aliphatic rings. The molecule has 2 atom stereocenters. The Hall–Kier alpha value is -1.88. The van der Waals surface area contributed by atoms with Gasteiger partial charge in [-0.15, -0.1) is 0 Å². The average molecular weight is 233 g/mol. The van der Waals surface area contributed by atoms with Gasteiger partial charge < -0.3 is 10.8 Å². The van der Waals surface area contributed by atoms with Gasteiger partial charge in [-0.25, -0.2) is 5.01 Å². The molecule has 0 saturated heterocycles. The first kappa shape index (κ1) is 11.6. The molecular formula is C12H15N3O2. The summed E-state index contributed by atoms with van der Waals surface area (Å²) in [6.45, 7) is 1.53. The number of hydrogen-bond donors (Lipinski definition) is 2. The summed E-state index contributed by atoms with van der Waals surface area (Å²) in [5.74, 6) is -0.485. The first-order chi connectivity index (χ1) is 8.13. The van der Waals surface area contributed by atoms with Gasteiger partial charge in [-0.3, -0.25) is 4.79 Å². The van der Waals surface area contributed by atoms with Crippen molar-refractivity contribution in [3.63, 3.8) is 0 Å². The lowest BCUT2D eigenvalue weighted by molar-refractivity contribution is -0.138. The predicted octanol–water partition coefficient (Wildman–Crippen LogP) is 0.766. The fraction of sp³-hybridized carbons (Fsp3) is 0.333. The largest absolute Gasteiger partial charge is 0.399 e. The molecule has 3 N–H and O–H groups in total. The van der Waals surface area contributed by atoms with Gasteiger partial charge in [0.2, 0.25) is 0 Å². The normalized spacial score (nSPS) is 24.1. The van der Waals surface area contributed by atoms with Gasteiger partial charge >= 0.3 is 0 Å². The van der Waals surface area contributed by atoms with Gasteiger partial charge in [0.1, 0.15) is 6.73 Å². The molecule has 17 heavy (non-hydrogen) atoms. The number of rotatable bonds is 2. The van der Waals surface area contributed by atoms with Crippen molar-refractivity contribution in [3.8, 4) is 0 Å². The molecule has 5 heteroatoms. The van der Waals surface area contributed by atoms with Crippen LogP contribution in [0.15, 0.2) is 29.4 Å². The monoisotopic (exact) mass is 233 g/mol. The lowest BCUT2D eigenvalue weighted by Gasteiger charge is -2.29. The minimum Gasteiger partial charge on any atom is -0.399 e. The minimum absolute atomic E-state index is 0.00826. The van der Waals surface area contributed by atoms with E-state index in [-0.39, 0.29) is 17.7 Å². The SMILES string of the molecule is CC1C=NN(CO)C(=O)C1c1ccc(N)cc1. The summed E-state index contributed by atoms with van der Waals surface area (Å²) >= 11 is 0. The zero-order valence-electron chi connectivity index (χ0n) is 9.58. The summed E-state index contributed by atoms with van der Waals surface area (Å²) in [5, 5.41) is 14.0. The predicted molar refractivity (Wildman–Crippen MR) is 65.2 cm³/mol. The number of hydrogen-bond acceptors (Lipinski definition) is 4. The second kappa shape index (κ2) is 4.55. The number of nitrogen functional groups attached to an aromatic ring is 1. The first-order valence-corrected chi connectivity index (χ1v) is 5.45. The van der Waals surface area contributed by atoms with Crippen LogP contribution in [0.2, 0.25) is 0 Å². The summed E-state index contributed by atoms with van der Waals surface area (Å²) in [6, 6.07) is 7.21. The highest BCUT2D eigenvalue weighted by molar-refractivity contribution is 5.90. The number of amides is 1. The number of anilines is 1. The lowest BCUT2D eigenvalue weighted by atomic mass is 9.86. The van der Waals surface area contributed by atoms with Gasteiger partial charge in [-0.05, 0) is 17.7 Å². The number of hydrazone groups is 1. The topological polar surface area (TPSA) is 78.9 Å². The van der Waals surface area contributed by atoms with E-state index < -0.39 is 6.73 Å². The van der Waals surface area contributed by atoms with Gasteiger partial charge in [0.05, 0.1) is 5.92 Å². The molecule has 2 unspecified atom stereocenters. The van der Waals surface area contributed by atoms with Crippen molar-refractivity contribution in [3.05, 3.63) is 29.8 Å². The molecular weight excluding hydrogens is 218 g/mol. The molecule has 1 heterocycles. The molecule has 0 fully saturated rings. The van der Waals surface area contributed by atoms with Crippen LogP contribution < -0.4 is 5.73 Å². The molecule has 90 valence electrons. The van der Waals surface area contributed by atoms with Gasteiger partial charge in [0, 0.05) is 17.8 Å². The number of nitrogens with two attached hydrogens (primary N) is 1. The van der Waals surface area contributed by atoms with Gasteiger partial charge in [-0.2, -0.15) is 5.10 Å². The zero-order valence-corrected chi connectivity index (χ0v) is 9.58. The fourth-order valence-corrected chi connectivity index (χ4v) is 1.97. The second-order valence-electron chi connectivity index (χ2n) is 4.15. The van der Waals surface area contributed by atoms with Crippen molar-refractivity contribution in [2.24, 2.45) is 11.0 Å². The molecule has 0 radical (unpaired) electrons. The van der Waals surface area contributed by atoms with Crippen LogP contribution in [0.5, 0.6) is 0 Å². The quantitative estimate of drug-likeness (QED) is 0.740. The molecule has 1 amide bonds. The van der Waals surface area contributed by atoms with Crippen molar-refractivity contribution in [1.29, 1.82) is 0 Å². The highest BCUT2D eigenvalue weighted by atomic mass is 16.3. The molecule has 0 aliphatic carbocycles. The van der Waals surface area contributed by atoms with Crippen LogP contribution in [0.4, 0.5) is 5.69 Å². The molecule has 0 saturated carbocycles. The van der Waals surface area contributed by atoms with Crippen LogP contribution in [-0.2, 0) is 4.79 Å². The Kier molecular flexibility index (Phi) is 3.10. The van der Waals surface area contributed by atoms with E-state index >= 15 is 0 Å². The average Bonchev–Trinajstić information content (AvgIpc) is 2.32. The molecule has 1 aromatic carbocycles. The number of carbonyl (C=O) groups excluding carboxylic acids is 1. The van der Waals surface area contributed by atoms with E-state index in [0.717, 1.165) is 10.6 Å². The number of nitrogens with zero attached hydrogens (tertiary/aromatic N) is 2. The van der Waals surface area contributed by atoms with Crippen molar-refractivity contribution in [2.45, 2.75) is 12.8 Å². The molecule has 0 aromatic heterocycles. The molecule has 1 aromatic rings. The van der Waals surface area contributed by atoms with Crippen molar-refractivity contribution < 1.29 is 9.90 Å². The number of aliphatic hydroxyl groups excluding tert-OH is 1. The van der Waals surface area contributed by atoms with Crippen molar-refractivity contribution in [2.75, 3.05) is 12.5 Å². The Morgan fingerprint density at radius 2 is 2.06 bits per heavy atom. The third-order valence-corrected chi connectivity index (χ3v) is 2.92. The Morgan fingerprint density at radius 1 is 1.41 bits per heavy atom. The number of aliphatic hydroxyl groups is 1. The van der Waals surface area contributed by atoms with Gasteiger partial charge in [0.25, 0.3) is 5.91 Å². The molecule has 2 rings (SSSR count). The third-order valence-electron chi connectivity index (χ3n) is 2.92. The highest BCUT2D eigenvalue weighted by Gasteiger charge is 2.33. The van der Waals surface area contributed by atoms with Crippen LogP contribution in [-0.4, -0.2) is 29.0 Å². The van der Waals surface area contributed by atoms with E-state index in [1.165, 1.54) is 0 Å². The maximum atomic E-state index is 12.1. The summed E-state index contributed by atoms with van der Waals surface area (Å²) in [6.07, 6.45) is 1.68. The van der Waals surface area contributed by atoms with Crippen molar-refractivity contribution >= 4 is 17.8 Å². The molecule has 1 aliphatic heterocycles. The van der Waals surface area contributed by atoms with E-state index in [0.29, 0.717) is 5.69 Å². The van der Waals surface area contributed by atoms with E-state index in [2.05, 4.69) is 5.10 Å². The van der Waals surface area contributed by atoms with Gasteiger partial charge in [0.15, 0.2) is 0 Å². The highest BCUT2D eigenvalue weighted by Crippen LogP contribution is 2.29. The Morgan fingerprint density at radius 3 is 2.65 bits per heavy atom. The summed E-state index contributed by atoms with van der Waals surface area (Å²) in [7, 11) is 0. The Bertz CT molecular complexity index is 442. The smallest absolute Gasteiger partial charge is 0.253 e. The Labute approximate surface area is 99.5 Å². The van der Waals surface area contributed by atoms with Crippen LogP contribution in [0, 0.1) is 5.92 Å². The van der Waals surface area contributed by atoms with Crippen LogP contribution in [0.25, 0.3) is 0 Å². The maximum Gasteiger partial charge on any atom is 0.253 e. The van der Waals surface area contributed by atoms with Crippen LogP contribution in [0.1, 0.15) is 18.4 Å². The molecule has 0 bridgehead atoms. The minimum atomic E-state index is -0.395. The fourth-order valence-electron chi connectivity index (χ4n) is 1.97. The molecule has 0 spiro atoms. The maximum absolute atomic E-state index is 12.1. The standard InChI is InChI=1S/C12H15N3O2/c1-8-6-14-15(7-16)12(17)11(8)9-2-4-10(13)5-3-9/h2-6,8,11,16H,7,13H2,1H3. The zero-order chi connectivity index (χ0) is 12.4. The first-order valence-electron chi connectivity index (χ1n) is 5.45. The second-order valence-corrected chi connectivity index (χ2v) is 4.15. The number of benzene rings is 1. The van der Waals surface area contributed by atoms with Crippen molar-refractivity contribution in [1.82, 2.24) is 5.01 Å². The van der Waals surface area contributed by atoms with E-state index in [1.807, 2.05) is 19.1 Å². The lowest BCUT2D eigenvalue weighted by Crippen LogP contribution is -2.39. The molecule has 5 nitrogen and oxygen atoms in total. The van der Waals surface area contributed by atoms with Crippen LogP contribution in [0.3, 0.4) is 0 Å². The summed E-state index contributed by atoms with van der Waals surface area (Å²) in [5.41, 5.74) is 7.17.